The van der Waals surface area contributed by atoms with Crippen LogP contribution in [0.2, 0.25) is 0 Å². The van der Waals surface area contributed by atoms with Crippen molar-refractivity contribution >= 4 is 111 Å². The Hall–Kier alpha value is -5.20. The summed E-state index contributed by atoms with van der Waals surface area (Å²) in [5.41, 5.74) is 18.6. The van der Waals surface area contributed by atoms with Crippen LogP contribution in [0.25, 0.3) is 22.3 Å². The molecule has 0 aliphatic heterocycles. The second-order valence-electron chi connectivity index (χ2n) is 21.9. The summed E-state index contributed by atoms with van der Waals surface area (Å²) in [6, 6.07) is 22.3. The lowest BCUT2D eigenvalue weighted by molar-refractivity contribution is -0.145. The summed E-state index contributed by atoms with van der Waals surface area (Å²) < 4.78 is 24.0. The number of amides is 2. The van der Waals surface area contributed by atoms with Crippen LogP contribution in [-0.4, -0.2) is 144 Å². The number of hydrogen-bond acceptors (Lipinski definition) is 16. The normalized spacial score (nSPS) is 14.2. The van der Waals surface area contributed by atoms with Crippen LogP contribution in [0.15, 0.2) is 84.6 Å². The highest BCUT2D eigenvalue weighted by Crippen LogP contribution is 2.57. The van der Waals surface area contributed by atoms with Crippen LogP contribution in [0.4, 0.5) is 0 Å². The maximum absolute atomic E-state index is 14.0. The van der Waals surface area contributed by atoms with Gasteiger partial charge in [0.05, 0.1) is 47.0 Å². The topological polar surface area (TPSA) is 256 Å². The summed E-state index contributed by atoms with van der Waals surface area (Å²) in [4.78, 5) is 108. The summed E-state index contributed by atoms with van der Waals surface area (Å²) in [5.74, 6) is -1.81. The number of nitrogens with two attached hydrogens (primary N) is 2. The molecule has 0 saturated carbocycles. The van der Waals surface area contributed by atoms with Gasteiger partial charge in [0.25, 0.3) is 0 Å². The molecule has 466 valence electrons. The summed E-state index contributed by atoms with van der Waals surface area (Å²) in [6.45, 7) is 3.26. The smallest absolute Gasteiger partial charge is 0.307 e. The standard InChI is InChI=1S/C64H80Br4N6O12/c1-83-58(79)18-31-73(32-19-59(80)84-2)30-5-7-48(76)14-22-63(52-37-43(65)8-11-49(52)50-12-9-44(66)38-53(50)63)24-16-57(78)72-29-35-74(33-20-60(81)85-3)34-21-61(82)86-41-42-36-46(68)40-55-62(42)51-13-10-45(67)39-54(51)64(55,23-15-47(75)6-4-26-69)25-17-56(77)71-28-27-70/h8-13,36-40H,4-7,14-35,41,69-70H2,1-3H3,(H,71,77)(H,72,78). The number of hydrogen-bond donors (Lipinski definition) is 4. The highest BCUT2D eigenvalue weighted by atomic mass is 79.9. The fraction of sp³-hybridized carbons (Fsp3) is 0.500. The van der Waals surface area contributed by atoms with Crippen molar-refractivity contribution < 1.29 is 57.3 Å². The number of fused-ring (bicyclic) bond motifs is 6. The molecule has 2 aliphatic rings. The lowest BCUT2D eigenvalue weighted by Gasteiger charge is -2.33. The van der Waals surface area contributed by atoms with Gasteiger partial charge in [0.1, 0.15) is 18.2 Å². The number of methoxy groups -OCH3 is 3. The Kier molecular flexibility index (Phi) is 28.1. The third-order valence-electron chi connectivity index (χ3n) is 16.4. The number of nitrogens with zero attached hydrogens (tertiary/aromatic N) is 2. The zero-order chi connectivity index (χ0) is 62.4. The Morgan fingerprint density at radius 3 is 1.35 bits per heavy atom. The van der Waals surface area contributed by atoms with E-state index in [0.29, 0.717) is 90.8 Å². The molecule has 22 heteroatoms. The molecule has 0 spiro atoms. The van der Waals surface area contributed by atoms with E-state index in [4.69, 9.17) is 30.4 Å². The van der Waals surface area contributed by atoms with Gasteiger partial charge in [0.2, 0.25) is 11.8 Å². The quantitative estimate of drug-likeness (QED) is 0.0241. The van der Waals surface area contributed by atoms with E-state index < -0.39 is 22.8 Å². The Morgan fingerprint density at radius 2 is 0.860 bits per heavy atom. The number of rotatable bonds is 38. The molecule has 6 rings (SSSR count). The highest BCUT2D eigenvalue weighted by molar-refractivity contribution is 9.11. The van der Waals surface area contributed by atoms with E-state index in [2.05, 4.69) is 105 Å². The van der Waals surface area contributed by atoms with Gasteiger partial charge in [0.15, 0.2) is 0 Å². The number of benzene rings is 4. The van der Waals surface area contributed by atoms with E-state index in [-0.39, 0.29) is 119 Å². The number of ketones is 2. The number of halogens is 4. The lowest BCUT2D eigenvalue weighted by atomic mass is 9.70. The van der Waals surface area contributed by atoms with Crippen molar-refractivity contribution in [3.8, 4) is 22.3 Å². The number of esters is 4. The molecule has 0 aromatic heterocycles. The molecule has 2 aliphatic carbocycles. The number of ether oxygens (including phenoxy) is 4. The molecule has 6 N–H and O–H groups in total. The predicted octanol–water partition coefficient (Wildman–Crippen LogP) is 9.67. The first kappa shape index (κ1) is 69.9. The molecule has 4 aromatic carbocycles. The molecule has 18 nitrogen and oxygen atoms in total. The van der Waals surface area contributed by atoms with E-state index in [0.717, 1.165) is 68.0 Å². The summed E-state index contributed by atoms with van der Waals surface area (Å²) >= 11 is 14.8. The largest absolute Gasteiger partial charge is 0.469 e. The van der Waals surface area contributed by atoms with Gasteiger partial charge in [-0.05, 0) is 150 Å². The number of nitrogens with one attached hydrogen (secondary N) is 2. The van der Waals surface area contributed by atoms with Gasteiger partial charge < -0.3 is 50.8 Å². The van der Waals surface area contributed by atoms with Crippen LogP contribution in [0, 0.1) is 0 Å². The molecule has 0 saturated heterocycles. The molecule has 0 fully saturated rings. The molecule has 0 radical (unpaired) electrons. The van der Waals surface area contributed by atoms with Crippen LogP contribution >= 0.6 is 63.7 Å². The first-order valence-corrected chi connectivity index (χ1v) is 32.5. The van der Waals surface area contributed by atoms with Crippen molar-refractivity contribution in [2.75, 3.05) is 86.8 Å². The zero-order valence-electron chi connectivity index (χ0n) is 49.4. The summed E-state index contributed by atoms with van der Waals surface area (Å²) in [7, 11) is 3.97. The minimum atomic E-state index is -0.730. The minimum Gasteiger partial charge on any atom is -0.469 e. The molecule has 1 atom stereocenters. The first-order chi connectivity index (χ1) is 41.3. The lowest BCUT2D eigenvalue weighted by Crippen LogP contribution is -2.38. The molecule has 2 amide bonds. The third-order valence-corrected chi connectivity index (χ3v) is 18.3. The second kappa shape index (κ2) is 34.5. The maximum Gasteiger partial charge on any atom is 0.307 e. The average Bonchev–Trinajstić information content (AvgIpc) is 1.62. The monoisotopic (exact) mass is 1440 g/mol. The van der Waals surface area contributed by atoms with Crippen molar-refractivity contribution in [3.05, 3.63) is 112 Å². The third kappa shape index (κ3) is 19.4. The molecule has 0 bridgehead atoms. The summed E-state index contributed by atoms with van der Waals surface area (Å²) in [5, 5.41) is 5.97. The Bertz CT molecular complexity index is 2970. The van der Waals surface area contributed by atoms with Gasteiger partial charge in [-0.15, -0.1) is 0 Å². The van der Waals surface area contributed by atoms with Gasteiger partial charge >= 0.3 is 23.9 Å². The van der Waals surface area contributed by atoms with Crippen LogP contribution in [-0.2, 0) is 74.7 Å². The van der Waals surface area contributed by atoms with Gasteiger partial charge in [-0.25, -0.2) is 0 Å². The van der Waals surface area contributed by atoms with E-state index in [1.54, 1.807) is 0 Å². The van der Waals surface area contributed by atoms with Crippen molar-refractivity contribution in [2.45, 2.75) is 120 Å². The molecule has 4 aromatic rings. The van der Waals surface area contributed by atoms with Crippen LogP contribution < -0.4 is 22.1 Å². The molecule has 0 heterocycles. The average molecular weight is 1440 g/mol. The SMILES string of the molecule is COC(=O)CCN(CCCC(=O)CCC1(CCC(=O)NCCN(CCC(=O)OC)CCC(=O)OCc2cc(Br)cc3c2-c2ccc(Br)cc2C3(CCC(=O)CCCN)CCC(=O)NCCN)c2cc(Br)ccc2-c2ccc(Br)cc21)CCC(=O)OC. The Labute approximate surface area is 538 Å². The van der Waals surface area contributed by atoms with Crippen LogP contribution in [0.3, 0.4) is 0 Å². The van der Waals surface area contributed by atoms with Gasteiger partial charge in [-0.2, -0.15) is 0 Å². The maximum atomic E-state index is 14.0. The van der Waals surface area contributed by atoms with Crippen molar-refractivity contribution in [1.82, 2.24) is 20.4 Å². The number of carbonyl (C=O) groups excluding carboxylic acids is 8. The van der Waals surface area contributed by atoms with E-state index in [9.17, 15) is 38.4 Å². The van der Waals surface area contributed by atoms with Crippen molar-refractivity contribution in [2.24, 2.45) is 11.5 Å². The van der Waals surface area contributed by atoms with Crippen molar-refractivity contribution in [3.63, 3.8) is 0 Å². The van der Waals surface area contributed by atoms with Crippen LogP contribution in [0.5, 0.6) is 0 Å². The van der Waals surface area contributed by atoms with Gasteiger partial charge in [-0.1, -0.05) is 81.9 Å². The molecular formula is C64H80Br4N6O12. The number of carbonyl (C=O) groups is 8. The van der Waals surface area contributed by atoms with E-state index in [1.807, 2.05) is 46.2 Å². The van der Waals surface area contributed by atoms with E-state index in [1.165, 1.54) is 21.3 Å². The fourth-order valence-corrected chi connectivity index (χ4v) is 13.5. The number of Topliss-reactive ketones (excluding diaryl/α,β-unsaturated/α-hetero) is 2. The Morgan fingerprint density at radius 1 is 0.442 bits per heavy atom. The second-order valence-corrected chi connectivity index (χ2v) is 25.5. The summed E-state index contributed by atoms with van der Waals surface area (Å²) in [6.07, 6.45) is 4.65. The fourth-order valence-electron chi connectivity index (χ4n) is 11.9. The highest BCUT2D eigenvalue weighted by Gasteiger charge is 2.46. The van der Waals surface area contributed by atoms with Crippen molar-refractivity contribution in [1.29, 1.82) is 0 Å². The van der Waals surface area contributed by atoms with E-state index >= 15 is 0 Å². The van der Waals surface area contributed by atoms with Crippen LogP contribution in [0.1, 0.15) is 131 Å². The minimum absolute atomic E-state index is 0.0180. The molecule has 86 heavy (non-hydrogen) atoms. The molecular weight excluding hydrogens is 1360 g/mol. The molecule has 1 unspecified atom stereocenters. The van der Waals surface area contributed by atoms with Gasteiger partial charge in [0, 0.05) is 120 Å². The Balaban J connectivity index is 1.12. The first-order valence-electron chi connectivity index (χ1n) is 29.3. The predicted molar refractivity (Wildman–Crippen MR) is 343 cm³/mol. The zero-order valence-corrected chi connectivity index (χ0v) is 55.7. The van der Waals surface area contributed by atoms with Gasteiger partial charge in [-0.3, -0.25) is 38.4 Å².